The van der Waals surface area contributed by atoms with Crippen LogP contribution in [0.25, 0.3) is 0 Å². The van der Waals surface area contributed by atoms with Crippen molar-refractivity contribution in [3.63, 3.8) is 0 Å². The zero-order valence-corrected chi connectivity index (χ0v) is 11.2. The van der Waals surface area contributed by atoms with Gasteiger partial charge >= 0.3 is 5.97 Å². The Morgan fingerprint density at radius 2 is 1.68 bits per heavy atom. The lowest BCUT2D eigenvalue weighted by molar-refractivity contribution is -0.138. The summed E-state index contributed by atoms with van der Waals surface area (Å²) in [6.45, 7) is 1.96. The lowest BCUT2D eigenvalue weighted by atomic mass is 10.0. The van der Waals surface area contributed by atoms with Gasteiger partial charge in [0.15, 0.2) is 6.04 Å². The summed E-state index contributed by atoms with van der Waals surface area (Å²) in [6, 6.07) is 13.6. The van der Waals surface area contributed by atoms with Gasteiger partial charge in [-0.15, -0.1) is 0 Å². The van der Waals surface area contributed by atoms with Crippen LogP contribution in [0.3, 0.4) is 0 Å². The molecule has 98 valence electrons. The molecule has 0 saturated carbocycles. The minimum absolute atomic E-state index is 0.618. The van der Waals surface area contributed by atoms with Crippen LogP contribution in [0.2, 0.25) is 5.02 Å². The number of carboxylic acid groups (broad SMARTS) is 1. The van der Waals surface area contributed by atoms with Gasteiger partial charge in [0.05, 0.1) is 0 Å². The maximum Gasteiger partial charge on any atom is 0.330 e. The highest BCUT2D eigenvalue weighted by molar-refractivity contribution is 6.30. The van der Waals surface area contributed by atoms with Gasteiger partial charge in [-0.3, -0.25) is 0 Å². The largest absolute Gasteiger partial charge is 0.479 e. The summed E-state index contributed by atoms with van der Waals surface area (Å²) in [6.07, 6.45) is 0. The number of aryl methyl sites for hydroxylation is 1. The first kappa shape index (κ1) is 13.4. The molecule has 0 fully saturated rings. The molecular formula is C15H14ClNO2. The second-order valence-electron chi connectivity index (χ2n) is 4.33. The molecule has 0 aliphatic rings. The molecule has 0 amide bonds. The number of benzene rings is 2. The second-order valence-corrected chi connectivity index (χ2v) is 4.77. The third-order valence-electron chi connectivity index (χ3n) is 2.81. The summed E-state index contributed by atoms with van der Waals surface area (Å²) in [5, 5.41) is 12.9. The minimum Gasteiger partial charge on any atom is -0.479 e. The summed E-state index contributed by atoms with van der Waals surface area (Å²) < 4.78 is 0. The zero-order chi connectivity index (χ0) is 13.8. The Hall–Kier alpha value is -2.00. The molecule has 3 nitrogen and oxygen atoms in total. The van der Waals surface area contributed by atoms with Gasteiger partial charge in [-0.25, -0.2) is 4.79 Å². The van der Waals surface area contributed by atoms with Crippen molar-refractivity contribution < 1.29 is 9.90 Å². The third kappa shape index (κ3) is 3.48. The fraction of sp³-hybridized carbons (Fsp3) is 0.133. The van der Waals surface area contributed by atoms with E-state index in [9.17, 15) is 9.90 Å². The molecule has 0 radical (unpaired) electrons. The molecular weight excluding hydrogens is 262 g/mol. The van der Waals surface area contributed by atoms with E-state index < -0.39 is 12.0 Å². The first-order chi connectivity index (χ1) is 9.06. The summed E-state index contributed by atoms with van der Waals surface area (Å²) in [4.78, 5) is 11.4. The molecule has 4 heteroatoms. The Labute approximate surface area is 116 Å². The average Bonchev–Trinajstić information content (AvgIpc) is 2.39. The van der Waals surface area contributed by atoms with Crippen LogP contribution in [-0.4, -0.2) is 11.1 Å². The standard InChI is InChI=1S/C15H14ClNO2/c1-10-2-4-11(5-3-10)14(15(18)19)17-13-8-6-12(16)7-9-13/h2-9,14,17H,1H3,(H,18,19)/t14-/m0/s1. The van der Waals surface area contributed by atoms with E-state index in [0.717, 1.165) is 11.3 Å². The predicted octanol–water partition coefficient (Wildman–Crippen LogP) is 3.89. The Morgan fingerprint density at radius 1 is 1.11 bits per heavy atom. The lowest BCUT2D eigenvalue weighted by Gasteiger charge is -2.16. The van der Waals surface area contributed by atoms with Gasteiger partial charge < -0.3 is 10.4 Å². The van der Waals surface area contributed by atoms with Crippen molar-refractivity contribution in [2.24, 2.45) is 0 Å². The zero-order valence-electron chi connectivity index (χ0n) is 10.4. The first-order valence-electron chi connectivity index (χ1n) is 5.88. The molecule has 19 heavy (non-hydrogen) atoms. The van der Waals surface area contributed by atoms with Crippen LogP contribution < -0.4 is 5.32 Å². The van der Waals surface area contributed by atoms with Crippen molar-refractivity contribution in [1.82, 2.24) is 0 Å². The van der Waals surface area contributed by atoms with Crippen LogP contribution in [-0.2, 0) is 4.79 Å². The van der Waals surface area contributed by atoms with Crippen molar-refractivity contribution in [3.05, 3.63) is 64.7 Å². The fourth-order valence-electron chi connectivity index (χ4n) is 1.76. The third-order valence-corrected chi connectivity index (χ3v) is 3.06. The molecule has 0 heterocycles. The highest BCUT2D eigenvalue weighted by atomic mass is 35.5. The molecule has 0 aliphatic heterocycles. The van der Waals surface area contributed by atoms with Crippen LogP contribution in [0.1, 0.15) is 17.2 Å². The van der Waals surface area contributed by atoms with Gasteiger partial charge in [-0.2, -0.15) is 0 Å². The van der Waals surface area contributed by atoms with Gasteiger partial charge in [-0.05, 0) is 36.8 Å². The molecule has 1 atom stereocenters. The number of carboxylic acids is 1. The van der Waals surface area contributed by atoms with E-state index in [1.807, 2.05) is 31.2 Å². The number of halogens is 1. The molecule has 0 bridgehead atoms. The molecule has 0 saturated heterocycles. The van der Waals surface area contributed by atoms with Crippen LogP contribution in [0.4, 0.5) is 5.69 Å². The predicted molar refractivity (Wildman–Crippen MR) is 76.6 cm³/mol. The Balaban J connectivity index is 2.23. The molecule has 2 N–H and O–H groups in total. The van der Waals surface area contributed by atoms with E-state index >= 15 is 0 Å². The van der Waals surface area contributed by atoms with Crippen molar-refractivity contribution in [1.29, 1.82) is 0 Å². The van der Waals surface area contributed by atoms with Gasteiger partial charge in [0.1, 0.15) is 0 Å². The maximum atomic E-state index is 11.4. The number of aliphatic carboxylic acids is 1. The lowest BCUT2D eigenvalue weighted by Crippen LogP contribution is -2.20. The molecule has 2 aromatic carbocycles. The second kappa shape index (κ2) is 5.76. The average molecular weight is 276 g/mol. The SMILES string of the molecule is Cc1ccc([C@H](Nc2ccc(Cl)cc2)C(=O)O)cc1. The van der Waals surface area contributed by atoms with E-state index in [1.54, 1.807) is 24.3 Å². The summed E-state index contributed by atoms with van der Waals surface area (Å²) in [5.41, 5.74) is 2.53. The number of hydrogen-bond acceptors (Lipinski definition) is 2. The number of carbonyl (C=O) groups is 1. The maximum absolute atomic E-state index is 11.4. The number of anilines is 1. The van der Waals surface area contributed by atoms with E-state index in [4.69, 9.17) is 11.6 Å². The highest BCUT2D eigenvalue weighted by Crippen LogP contribution is 2.21. The number of nitrogens with one attached hydrogen (secondary N) is 1. The fourth-order valence-corrected chi connectivity index (χ4v) is 1.89. The van der Waals surface area contributed by atoms with Gasteiger partial charge in [-0.1, -0.05) is 41.4 Å². The molecule has 2 aromatic rings. The van der Waals surface area contributed by atoms with Gasteiger partial charge in [0.2, 0.25) is 0 Å². The summed E-state index contributed by atoms with van der Waals surface area (Å²) in [5.74, 6) is -0.918. The Kier molecular flexibility index (Phi) is 4.07. The van der Waals surface area contributed by atoms with Crippen molar-refractivity contribution in [3.8, 4) is 0 Å². The molecule has 2 rings (SSSR count). The molecule has 0 aromatic heterocycles. The minimum atomic E-state index is -0.918. The summed E-state index contributed by atoms with van der Waals surface area (Å²) in [7, 11) is 0. The van der Waals surface area contributed by atoms with E-state index in [2.05, 4.69) is 5.32 Å². The van der Waals surface area contributed by atoms with Crippen molar-refractivity contribution in [2.45, 2.75) is 13.0 Å². The normalized spacial score (nSPS) is 11.9. The topological polar surface area (TPSA) is 49.3 Å². The van der Waals surface area contributed by atoms with Crippen LogP contribution in [0.5, 0.6) is 0 Å². The van der Waals surface area contributed by atoms with Gasteiger partial charge in [0.25, 0.3) is 0 Å². The first-order valence-corrected chi connectivity index (χ1v) is 6.25. The van der Waals surface area contributed by atoms with Crippen molar-refractivity contribution in [2.75, 3.05) is 5.32 Å². The Bertz CT molecular complexity index is 564. The van der Waals surface area contributed by atoms with Crippen LogP contribution in [0.15, 0.2) is 48.5 Å². The van der Waals surface area contributed by atoms with Crippen molar-refractivity contribution >= 4 is 23.3 Å². The number of rotatable bonds is 4. The van der Waals surface area contributed by atoms with Crippen LogP contribution >= 0.6 is 11.6 Å². The summed E-state index contributed by atoms with van der Waals surface area (Å²) >= 11 is 5.80. The molecule has 0 aliphatic carbocycles. The van der Waals surface area contributed by atoms with Crippen LogP contribution in [0, 0.1) is 6.92 Å². The highest BCUT2D eigenvalue weighted by Gasteiger charge is 2.19. The van der Waals surface area contributed by atoms with Gasteiger partial charge in [0, 0.05) is 10.7 Å². The quantitative estimate of drug-likeness (QED) is 0.890. The van der Waals surface area contributed by atoms with E-state index in [0.29, 0.717) is 10.6 Å². The monoisotopic (exact) mass is 275 g/mol. The molecule has 0 spiro atoms. The van der Waals surface area contributed by atoms with E-state index in [1.165, 1.54) is 0 Å². The number of hydrogen-bond donors (Lipinski definition) is 2. The Morgan fingerprint density at radius 3 is 2.21 bits per heavy atom. The van der Waals surface area contributed by atoms with E-state index in [-0.39, 0.29) is 0 Å². The smallest absolute Gasteiger partial charge is 0.330 e. The molecule has 0 unspecified atom stereocenters.